The van der Waals surface area contributed by atoms with Gasteiger partial charge < -0.3 is 14.8 Å². The maximum Gasteiger partial charge on any atom is 0.352 e. The molecule has 1 rings (SSSR count). The summed E-state index contributed by atoms with van der Waals surface area (Å²) in [5.74, 6) is -1.91. The zero-order valence-corrected chi connectivity index (χ0v) is 12.6. The first kappa shape index (κ1) is 17.2. The van der Waals surface area contributed by atoms with Crippen LogP contribution in [0.2, 0.25) is 0 Å². The normalized spacial score (nSPS) is 11.6. The largest absolute Gasteiger partial charge is 0.477 e. The molecule has 118 valence electrons. The van der Waals surface area contributed by atoms with Crippen LogP contribution in [0.25, 0.3) is 0 Å². The Bertz CT molecular complexity index is 607. The number of carboxylic acid groups (broad SMARTS) is 1. The zero-order chi connectivity index (χ0) is 16.0. The predicted molar refractivity (Wildman–Crippen MR) is 73.4 cm³/mol. The molecule has 21 heavy (non-hydrogen) atoms. The molecule has 2 N–H and O–H groups in total. The number of rotatable bonds is 8. The van der Waals surface area contributed by atoms with E-state index in [1.54, 1.807) is 13.8 Å². The monoisotopic (exact) mass is 318 g/mol. The predicted octanol–water partition coefficient (Wildman–Crippen LogP) is 0.677. The summed E-state index contributed by atoms with van der Waals surface area (Å²) in [5.41, 5.74) is -0.235. The van der Waals surface area contributed by atoms with Crippen molar-refractivity contribution < 1.29 is 27.9 Å². The Morgan fingerprint density at radius 1 is 1.38 bits per heavy atom. The van der Waals surface area contributed by atoms with Crippen molar-refractivity contribution in [2.45, 2.75) is 25.2 Å². The zero-order valence-electron chi connectivity index (χ0n) is 11.8. The van der Waals surface area contributed by atoms with Crippen LogP contribution in [0.15, 0.2) is 17.2 Å². The number of hydrogen-bond acceptors (Lipinski definition) is 5. The van der Waals surface area contributed by atoms with Crippen molar-refractivity contribution in [2.75, 3.05) is 19.7 Å². The number of carboxylic acids is 1. The fourth-order valence-electron chi connectivity index (χ4n) is 1.68. The highest BCUT2D eigenvalue weighted by atomic mass is 32.2. The number of aromatic nitrogens is 1. The number of ether oxygens (including phenoxy) is 1. The molecule has 0 amide bonds. The lowest BCUT2D eigenvalue weighted by atomic mass is 10.4. The van der Waals surface area contributed by atoms with E-state index in [-0.39, 0.29) is 23.7 Å². The third kappa shape index (κ3) is 4.30. The Morgan fingerprint density at radius 3 is 2.52 bits per heavy atom. The molecule has 1 aromatic rings. The van der Waals surface area contributed by atoms with Crippen LogP contribution < -0.4 is 0 Å². The van der Waals surface area contributed by atoms with E-state index in [9.17, 15) is 18.0 Å². The van der Waals surface area contributed by atoms with E-state index in [0.29, 0.717) is 6.42 Å². The maximum atomic E-state index is 12.4. The first-order valence-electron chi connectivity index (χ1n) is 6.40. The minimum absolute atomic E-state index is 0.134. The molecule has 0 aliphatic rings. The Kier molecular flexibility index (Phi) is 5.91. The molecule has 0 saturated carbocycles. The Balaban J connectivity index is 3.03. The second-order valence-electron chi connectivity index (χ2n) is 4.20. The number of sulfonamides is 1. The summed E-state index contributed by atoms with van der Waals surface area (Å²) in [6.45, 7) is 3.29. The number of nitrogens with one attached hydrogen (secondary N) is 1. The van der Waals surface area contributed by atoms with Crippen molar-refractivity contribution in [3.05, 3.63) is 18.0 Å². The number of carbonyl (C=O) groups is 2. The highest BCUT2D eigenvalue weighted by Gasteiger charge is 2.28. The molecule has 0 fully saturated rings. The number of nitrogens with zero attached hydrogens (tertiary/aromatic N) is 1. The van der Waals surface area contributed by atoms with E-state index in [1.807, 2.05) is 0 Å². The molecule has 0 saturated heterocycles. The third-order valence-corrected chi connectivity index (χ3v) is 4.43. The first-order valence-corrected chi connectivity index (χ1v) is 7.84. The number of esters is 1. The van der Waals surface area contributed by atoms with Crippen molar-refractivity contribution >= 4 is 22.0 Å². The van der Waals surface area contributed by atoms with Crippen LogP contribution in [0.3, 0.4) is 0 Å². The van der Waals surface area contributed by atoms with Gasteiger partial charge in [0.25, 0.3) is 0 Å². The molecule has 1 heterocycles. The second-order valence-corrected chi connectivity index (χ2v) is 6.14. The quantitative estimate of drug-likeness (QED) is 0.681. The summed E-state index contributed by atoms with van der Waals surface area (Å²) in [6.07, 6.45) is 1.60. The maximum absolute atomic E-state index is 12.4. The first-order chi connectivity index (χ1) is 9.82. The van der Waals surface area contributed by atoms with Gasteiger partial charge in [0.15, 0.2) is 0 Å². The highest BCUT2D eigenvalue weighted by Crippen LogP contribution is 2.17. The van der Waals surface area contributed by atoms with Crippen LogP contribution in [0, 0.1) is 0 Å². The van der Waals surface area contributed by atoms with Crippen molar-refractivity contribution in [3.63, 3.8) is 0 Å². The van der Waals surface area contributed by atoms with Gasteiger partial charge in [-0.2, -0.15) is 4.31 Å². The summed E-state index contributed by atoms with van der Waals surface area (Å²) >= 11 is 0. The van der Waals surface area contributed by atoms with Gasteiger partial charge >= 0.3 is 11.9 Å². The summed E-state index contributed by atoms with van der Waals surface area (Å²) < 4.78 is 30.5. The fraction of sp³-hybridized carbons (Fsp3) is 0.500. The number of aromatic amines is 1. The fourth-order valence-corrected chi connectivity index (χ4v) is 3.15. The van der Waals surface area contributed by atoms with Gasteiger partial charge in [-0.25, -0.2) is 13.2 Å². The van der Waals surface area contributed by atoms with E-state index in [0.717, 1.165) is 16.6 Å². The standard InChI is InChI=1S/C12H18N2O6S/c1-3-5-14(8-11(15)20-4-2)21(18,19)9-6-10(12(16)17)13-7-9/h6-7,13H,3-5,8H2,1-2H3,(H,16,17). The molecule has 0 bridgehead atoms. The van der Waals surface area contributed by atoms with Crippen LogP contribution in [0.5, 0.6) is 0 Å². The molecule has 1 aromatic heterocycles. The average Bonchev–Trinajstić information content (AvgIpc) is 2.89. The van der Waals surface area contributed by atoms with E-state index >= 15 is 0 Å². The summed E-state index contributed by atoms with van der Waals surface area (Å²) in [5, 5.41) is 8.81. The Hall–Kier alpha value is -1.87. The minimum Gasteiger partial charge on any atom is -0.477 e. The van der Waals surface area contributed by atoms with Gasteiger partial charge in [-0.05, 0) is 19.4 Å². The molecule has 0 aliphatic heterocycles. The third-order valence-electron chi connectivity index (χ3n) is 2.61. The molecular weight excluding hydrogens is 300 g/mol. The molecule has 0 spiro atoms. The van der Waals surface area contributed by atoms with Gasteiger partial charge in [-0.3, -0.25) is 4.79 Å². The van der Waals surface area contributed by atoms with E-state index < -0.39 is 28.5 Å². The molecule has 0 radical (unpaired) electrons. The number of carbonyl (C=O) groups excluding carboxylic acids is 1. The summed E-state index contributed by atoms with van der Waals surface area (Å²) in [4.78, 5) is 24.4. The van der Waals surface area contributed by atoms with Crippen LogP contribution in [0.4, 0.5) is 0 Å². The van der Waals surface area contributed by atoms with Gasteiger partial charge in [0.05, 0.1) is 6.61 Å². The van der Waals surface area contributed by atoms with E-state index in [2.05, 4.69) is 4.98 Å². The van der Waals surface area contributed by atoms with Crippen molar-refractivity contribution in [1.82, 2.24) is 9.29 Å². The van der Waals surface area contributed by atoms with Crippen LogP contribution in [0.1, 0.15) is 30.8 Å². The Morgan fingerprint density at radius 2 is 2.05 bits per heavy atom. The van der Waals surface area contributed by atoms with Crippen LogP contribution >= 0.6 is 0 Å². The lowest BCUT2D eigenvalue weighted by Gasteiger charge is -2.19. The lowest BCUT2D eigenvalue weighted by molar-refractivity contribution is -0.143. The lowest BCUT2D eigenvalue weighted by Crippen LogP contribution is -2.36. The molecule has 0 unspecified atom stereocenters. The van der Waals surface area contributed by atoms with Crippen molar-refractivity contribution in [3.8, 4) is 0 Å². The number of hydrogen-bond donors (Lipinski definition) is 2. The van der Waals surface area contributed by atoms with E-state index in [1.165, 1.54) is 0 Å². The smallest absolute Gasteiger partial charge is 0.352 e. The molecule has 0 aromatic carbocycles. The molecule has 9 heteroatoms. The molecule has 0 atom stereocenters. The summed E-state index contributed by atoms with van der Waals surface area (Å²) in [7, 11) is -3.95. The van der Waals surface area contributed by atoms with Gasteiger partial charge in [-0.1, -0.05) is 6.92 Å². The van der Waals surface area contributed by atoms with Gasteiger partial charge in [0.2, 0.25) is 10.0 Å². The minimum atomic E-state index is -3.95. The molecule has 8 nitrogen and oxygen atoms in total. The SMILES string of the molecule is CCCN(CC(=O)OCC)S(=O)(=O)c1c[nH]c(C(=O)O)c1. The van der Waals surface area contributed by atoms with E-state index in [4.69, 9.17) is 9.84 Å². The van der Waals surface area contributed by atoms with Crippen molar-refractivity contribution in [1.29, 1.82) is 0 Å². The van der Waals surface area contributed by atoms with Gasteiger partial charge in [0, 0.05) is 12.7 Å². The van der Waals surface area contributed by atoms with Gasteiger partial charge in [0.1, 0.15) is 17.1 Å². The second kappa shape index (κ2) is 7.23. The topological polar surface area (TPSA) is 117 Å². The number of H-pyrrole nitrogens is 1. The van der Waals surface area contributed by atoms with Crippen LogP contribution in [-0.2, 0) is 19.6 Å². The highest BCUT2D eigenvalue weighted by molar-refractivity contribution is 7.89. The van der Waals surface area contributed by atoms with Gasteiger partial charge in [-0.15, -0.1) is 0 Å². The average molecular weight is 318 g/mol. The molecular formula is C12H18N2O6S. The van der Waals surface area contributed by atoms with Crippen molar-refractivity contribution in [2.24, 2.45) is 0 Å². The summed E-state index contributed by atoms with van der Waals surface area (Å²) in [6, 6.07) is 1.02. The van der Waals surface area contributed by atoms with Crippen LogP contribution in [-0.4, -0.2) is 54.4 Å². The molecule has 0 aliphatic carbocycles. The Labute approximate surface area is 122 Å². The number of aromatic carboxylic acids is 1.